The highest BCUT2D eigenvalue weighted by Gasteiger charge is 2.15. The monoisotopic (exact) mass is 265 g/mol. The van der Waals surface area contributed by atoms with Crippen LogP contribution in [0, 0.1) is 5.92 Å². The fraction of sp³-hybridized carbons (Fsp3) is 0.625. The highest BCUT2D eigenvalue weighted by Crippen LogP contribution is 2.16. The zero-order valence-corrected chi connectivity index (χ0v) is 12.8. The van der Waals surface area contributed by atoms with Gasteiger partial charge in [0.15, 0.2) is 0 Å². The van der Waals surface area contributed by atoms with E-state index in [2.05, 4.69) is 38.2 Å². The summed E-state index contributed by atoms with van der Waals surface area (Å²) in [5.74, 6) is 1.38. The Bertz CT molecular complexity index is 371. The van der Waals surface area contributed by atoms with Crippen LogP contribution >= 0.6 is 0 Å². The Balaban J connectivity index is 2.61. The molecule has 1 aromatic rings. The summed E-state index contributed by atoms with van der Waals surface area (Å²) in [4.78, 5) is 0. The van der Waals surface area contributed by atoms with Gasteiger partial charge in [0, 0.05) is 19.2 Å². The van der Waals surface area contributed by atoms with Crippen LogP contribution in [0.4, 0.5) is 0 Å². The molecule has 0 bridgehead atoms. The van der Waals surface area contributed by atoms with Crippen LogP contribution in [-0.4, -0.2) is 32.9 Å². The van der Waals surface area contributed by atoms with Gasteiger partial charge in [0.2, 0.25) is 0 Å². The topological polar surface area (TPSA) is 30.5 Å². The van der Waals surface area contributed by atoms with Crippen molar-refractivity contribution in [3.63, 3.8) is 0 Å². The van der Waals surface area contributed by atoms with Gasteiger partial charge in [0.25, 0.3) is 0 Å². The van der Waals surface area contributed by atoms with Crippen molar-refractivity contribution in [3.05, 3.63) is 29.8 Å². The average molecular weight is 265 g/mol. The molecule has 0 heterocycles. The first-order chi connectivity index (χ1) is 8.94. The van der Waals surface area contributed by atoms with E-state index in [1.54, 1.807) is 14.2 Å². The molecular weight excluding hydrogens is 238 g/mol. The fourth-order valence-electron chi connectivity index (χ4n) is 2.01. The molecule has 1 rings (SSSR count). The molecule has 1 aromatic carbocycles. The van der Waals surface area contributed by atoms with Crippen LogP contribution in [0.15, 0.2) is 24.3 Å². The molecule has 0 aromatic heterocycles. The van der Waals surface area contributed by atoms with Crippen molar-refractivity contribution in [1.82, 2.24) is 5.32 Å². The first kappa shape index (κ1) is 16.0. The second kappa shape index (κ2) is 7.51. The number of benzene rings is 1. The van der Waals surface area contributed by atoms with Gasteiger partial charge in [-0.05, 0) is 50.8 Å². The molecule has 0 fully saturated rings. The molecule has 1 atom stereocenters. The van der Waals surface area contributed by atoms with E-state index in [9.17, 15) is 0 Å². The van der Waals surface area contributed by atoms with Crippen molar-refractivity contribution >= 4 is 0 Å². The Morgan fingerprint density at radius 2 is 1.95 bits per heavy atom. The Labute approximate surface area is 117 Å². The normalized spacial score (nSPS) is 13.3. The highest BCUT2D eigenvalue weighted by atomic mass is 16.5. The van der Waals surface area contributed by atoms with Crippen molar-refractivity contribution in [3.8, 4) is 5.75 Å². The molecule has 0 saturated heterocycles. The van der Waals surface area contributed by atoms with Crippen molar-refractivity contribution in [2.45, 2.75) is 32.7 Å². The highest BCUT2D eigenvalue weighted by molar-refractivity contribution is 5.28. The zero-order valence-electron chi connectivity index (χ0n) is 12.8. The lowest BCUT2D eigenvalue weighted by Gasteiger charge is -2.25. The molecule has 19 heavy (non-hydrogen) atoms. The average Bonchev–Trinajstić information content (AvgIpc) is 2.35. The molecular formula is C16H27NO2. The van der Waals surface area contributed by atoms with E-state index in [1.165, 1.54) is 5.56 Å². The molecule has 0 aliphatic carbocycles. The minimum atomic E-state index is 0.139. The minimum absolute atomic E-state index is 0.139. The van der Waals surface area contributed by atoms with E-state index >= 15 is 0 Å². The van der Waals surface area contributed by atoms with Crippen molar-refractivity contribution in [2.75, 3.05) is 27.4 Å². The third-order valence-corrected chi connectivity index (χ3v) is 2.98. The van der Waals surface area contributed by atoms with Gasteiger partial charge in [-0.1, -0.05) is 12.1 Å². The summed E-state index contributed by atoms with van der Waals surface area (Å²) in [6.45, 7) is 8.27. The van der Waals surface area contributed by atoms with E-state index < -0.39 is 0 Å². The van der Waals surface area contributed by atoms with Crippen LogP contribution in [0.25, 0.3) is 0 Å². The Morgan fingerprint density at radius 3 is 2.53 bits per heavy atom. The molecule has 108 valence electrons. The van der Waals surface area contributed by atoms with Crippen LogP contribution in [0.5, 0.6) is 5.75 Å². The summed E-state index contributed by atoms with van der Waals surface area (Å²) in [7, 11) is 3.46. The quantitative estimate of drug-likeness (QED) is 0.822. The van der Waals surface area contributed by atoms with Gasteiger partial charge in [0.05, 0.1) is 13.7 Å². The summed E-state index contributed by atoms with van der Waals surface area (Å²) in [5.41, 5.74) is 1.43. The largest absolute Gasteiger partial charge is 0.497 e. The molecule has 1 unspecified atom stereocenters. The maximum absolute atomic E-state index is 5.33. The minimum Gasteiger partial charge on any atom is -0.497 e. The molecule has 0 spiro atoms. The lowest BCUT2D eigenvalue weighted by atomic mass is 9.98. The third-order valence-electron chi connectivity index (χ3n) is 2.98. The van der Waals surface area contributed by atoms with E-state index in [4.69, 9.17) is 9.47 Å². The van der Waals surface area contributed by atoms with E-state index in [1.807, 2.05) is 12.1 Å². The second-order valence-electron chi connectivity index (χ2n) is 6.01. The van der Waals surface area contributed by atoms with Crippen LogP contribution in [0.3, 0.4) is 0 Å². The standard InChI is InChI=1S/C16H27NO2/c1-16(2,3)17-11-14(12-18-4)9-13-7-6-8-15(10-13)19-5/h6-8,10,14,17H,9,11-12H2,1-5H3. The molecule has 0 aliphatic heterocycles. The summed E-state index contributed by atoms with van der Waals surface area (Å²) in [5, 5.41) is 3.54. The summed E-state index contributed by atoms with van der Waals surface area (Å²) < 4.78 is 10.6. The Kier molecular flexibility index (Phi) is 6.32. The van der Waals surface area contributed by atoms with Gasteiger partial charge < -0.3 is 14.8 Å². The van der Waals surface area contributed by atoms with Crippen LogP contribution in [-0.2, 0) is 11.2 Å². The number of hydrogen-bond acceptors (Lipinski definition) is 3. The molecule has 0 radical (unpaired) electrons. The second-order valence-corrected chi connectivity index (χ2v) is 6.01. The zero-order chi connectivity index (χ0) is 14.3. The predicted octanol–water partition coefficient (Wildman–Crippen LogP) is 2.89. The van der Waals surface area contributed by atoms with Crippen molar-refractivity contribution in [1.29, 1.82) is 0 Å². The lowest BCUT2D eigenvalue weighted by molar-refractivity contribution is 0.146. The summed E-state index contributed by atoms with van der Waals surface area (Å²) >= 11 is 0. The third kappa shape index (κ3) is 6.60. The van der Waals surface area contributed by atoms with Crippen LogP contribution < -0.4 is 10.1 Å². The summed E-state index contributed by atoms with van der Waals surface area (Å²) in [6, 6.07) is 8.25. The molecule has 0 aliphatic rings. The van der Waals surface area contributed by atoms with Gasteiger partial charge in [-0.15, -0.1) is 0 Å². The maximum Gasteiger partial charge on any atom is 0.119 e. The van der Waals surface area contributed by atoms with Crippen LogP contribution in [0.1, 0.15) is 26.3 Å². The smallest absolute Gasteiger partial charge is 0.119 e. The van der Waals surface area contributed by atoms with E-state index in [-0.39, 0.29) is 5.54 Å². The van der Waals surface area contributed by atoms with Gasteiger partial charge in [-0.25, -0.2) is 0 Å². The molecule has 3 nitrogen and oxygen atoms in total. The van der Waals surface area contributed by atoms with Gasteiger partial charge in [-0.3, -0.25) is 0 Å². The number of hydrogen-bond donors (Lipinski definition) is 1. The van der Waals surface area contributed by atoms with Crippen molar-refractivity contribution < 1.29 is 9.47 Å². The molecule has 0 saturated carbocycles. The maximum atomic E-state index is 5.33. The Morgan fingerprint density at radius 1 is 1.21 bits per heavy atom. The first-order valence-electron chi connectivity index (χ1n) is 6.81. The molecule has 3 heteroatoms. The molecule has 1 N–H and O–H groups in total. The van der Waals surface area contributed by atoms with Crippen molar-refractivity contribution in [2.24, 2.45) is 5.92 Å². The van der Waals surface area contributed by atoms with E-state index in [0.29, 0.717) is 5.92 Å². The number of ether oxygens (including phenoxy) is 2. The van der Waals surface area contributed by atoms with E-state index in [0.717, 1.165) is 25.3 Å². The van der Waals surface area contributed by atoms with Gasteiger partial charge >= 0.3 is 0 Å². The number of rotatable bonds is 7. The van der Waals surface area contributed by atoms with Crippen LogP contribution in [0.2, 0.25) is 0 Å². The summed E-state index contributed by atoms with van der Waals surface area (Å²) in [6.07, 6.45) is 0.994. The lowest BCUT2D eigenvalue weighted by Crippen LogP contribution is -2.40. The first-order valence-corrected chi connectivity index (χ1v) is 6.81. The molecule has 0 amide bonds. The van der Waals surface area contributed by atoms with Gasteiger partial charge in [-0.2, -0.15) is 0 Å². The fourth-order valence-corrected chi connectivity index (χ4v) is 2.01. The SMILES string of the molecule is COCC(CNC(C)(C)C)Cc1cccc(OC)c1. The number of nitrogens with one attached hydrogen (secondary N) is 1. The predicted molar refractivity (Wildman–Crippen MR) is 79.8 cm³/mol. The van der Waals surface area contributed by atoms with Gasteiger partial charge in [0.1, 0.15) is 5.75 Å². The number of methoxy groups -OCH3 is 2. The Hall–Kier alpha value is -1.06.